The third kappa shape index (κ3) is 5.65. The molecule has 0 aliphatic carbocycles. The lowest BCUT2D eigenvalue weighted by Crippen LogP contribution is -2.36. The minimum atomic E-state index is -0.395. The molecule has 0 fully saturated rings. The molecule has 2 amide bonds. The maximum absolute atomic E-state index is 11.6. The van der Waals surface area contributed by atoms with Crippen molar-refractivity contribution in [1.29, 1.82) is 0 Å². The normalized spacial score (nSPS) is 11.9. The summed E-state index contributed by atoms with van der Waals surface area (Å²) in [4.78, 5) is 22.2. The third-order valence-corrected chi connectivity index (χ3v) is 2.50. The van der Waals surface area contributed by atoms with Crippen LogP contribution >= 0.6 is 11.6 Å². The number of benzene rings is 1. The van der Waals surface area contributed by atoms with Gasteiger partial charge >= 0.3 is 0 Å². The molecule has 0 heterocycles. The van der Waals surface area contributed by atoms with Crippen LogP contribution < -0.4 is 16.4 Å². The molecule has 1 unspecified atom stereocenters. The van der Waals surface area contributed by atoms with Crippen molar-refractivity contribution in [2.24, 2.45) is 5.73 Å². The van der Waals surface area contributed by atoms with Crippen LogP contribution in [0.1, 0.15) is 13.3 Å². The zero-order chi connectivity index (χ0) is 13.5. The number of anilines is 1. The summed E-state index contributed by atoms with van der Waals surface area (Å²) in [5.41, 5.74) is 5.72. The van der Waals surface area contributed by atoms with Gasteiger partial charge in [-0.3, -0.25) is 9.59 Å². The Hall–Kier alpha value is -1.59. The van der Waals surface area contributed by atoms with E-state index in [-0.39, 0.29) is 24.9 Å². The summed E-state index contributed by atoms with van der Waals surface area (Å²) in [7, 11) is 0. The average Bonchev–Trinajstić information content (AvgIpc) is 2.29. The first-order valence-corrected chi connectivity index (χ1v) is 5.92. The van der Waals surface area contributed by atoms with E-state index in [4.69, 9.17) is 17.3 Å². The van der Waals surface area contributed by atoms with E-state index < -0.39 is 5.91 Å². The van der Waals surface area contributed by atoms with Gasteiger partial charge in [0.15, 0.2) is 0 Å². The topological polar surface area (TPSA) is 84.2 Å². The molecule has 98 valence electrons. The van der Waals surface area contributed by atoms with Crippen LogP contribution in [0.25, 0.3) is 0 Å². The maximum atomic E-state index is 11.6. The van der Waals surface area contributed by atoms with Crippen LogP contribution in [0.5, 0.6) is 0 Å². The Morgan fingerprint density at radius 2 is 1.94 bits per heavy atom. The van der Waals surface area contributed by atoms with E-state index in [1.165, 1.54) is 0 Å². The molecule has 0 bridgehead atoms. The van der Waals surface area contributed by atoms with Gasteiger partial charge in [0.05, 0.1) is 6.54 Å². The predicted octanol–water partition coefficient (Wildman–Crippen LogP) is 1.13. The Labute approximate surface area is 111 Å². The van der Waals surface area contributed by atoms with Gasteiger partial charge in [0, 0.05) is 23.2 Å². The van der Waals surface area contributed by atoms with E-state index in [0.717, 1.165) is 0 Å². The Balaban J connectivity index is 2.33. The largest absolute Gasteiger partial charge is 0.370 e. The fourth-order valence-electron chi connectivity index (χ4n) is 1.38. The van der Waals surface area contributed by atoms with Crippen LogP contribution in [0.4, 0.5) is 5.69 Å². The highest BCUT2D eigenvalue weighted by atomic mass is 35.5. The number of rotatable bonds is 6. The van der Waals surface area contributed by atoms with Crippen molar-refractivity contribution in [3.8, 4) is 0 Å². The molecule has 1 aromatic carbocycles. The van der Waals surface area contributed by atoms with Gasteiger partial charge in [0.2, 0.25) is 11.8 Å². The van der Waals surface area contributed by atoms with Crippen molar-refractivity contribution in [3.63, 3.8) is 0 Å². The molecule has 6 heteroatoms. The summed E-state index contributed by atoms with van der Waals surface area (Å²) in [5.74, 6) is -0.582. The number of halogens is 1. The highest BCUT2D eigenvalue weighted by molar-refractivity contribution is 6.30. The molecule has 0 spiro atoms. The lowest BCUT2D eigenvalue weighted by atomic mass is 10.2. The van der Waals surface area contributed by atoms with Crippen molar-refractivity contribution >= 4 is 29.1 Å². The standard InChI is InChI=1S/C12H16ClN3O2/c1-8(6-11(14)17)15-7-12(18)16-10-4-2-9(13)3-5-10/h2-5,8,15H,6-7H2,1H3,(H2,14,17)(H,16,18). The second-order valence-electron chi connectivity index (χ2n) is 4.01. The zero-order valence-electron chi connectivity index (χ0n) is 10.1. The number of hydrogen-bond donors (Lipinski definition) is 3. The molecule has 1 rings (SSSR count). The van der Waals surface area contributed by atoms with Crippen molar-refractivity contribution in [3.05, 3.63) is 29.3 Å². The summed E-state index contributed by atoms with van der Waals surface area (Å²) in [5, 5.41) is 6.22. The van der Waals surface area contributed by atoms with Gasteiger partial charge in [-0.2, -0.15) is 0 Å². The number of nitrogens with one attached hydrogen (secondary N) is 2. The van der Waals surface area contributed by atoms with Gasteiger partial charge in [-0.25, -0.2) is 0 Å². The van der Waals surface area contributed by atoms with Gasteiger partial charge in [-0.1, -0.05) is 11.6 Å². The van der Waals surface area contributed by atoms with Crippen LogP contribution in [-0.2, 0) is 9.59 Å². The fourth-order valence-corrected chi connectivity index (χ4v) is 1.51. The minimum absolute atomic E-state index is 0.122. The second-order valence-corrected chi connectivity index (χ2v) is 4.44. The first kappa shape index (κ1) is 14.5. The molecule has 0 radical (unpaired) electrons. The molecule has 0 aromatic heterocycles. The van der Waals surface area contributed by atoms with E-state index in [0.29, 0.717) is 10.7 Å². The molecule has 18 heavy (non-hydrogen) atoms. The maximum Gasteiger partial charge on any atom is 0.238 e. The van der Waals surface area contributed by atoms with E-state index in [9.17, 15) is 9.59 Å². The molecule has 5 nitrogen and oxygen atoms in total. The van der Waals surface area contributed by atoms with Crippen LogP contribution in [0, 0.1) is 0 Å². The number of amides is 2. The summed E-state index contributed by atoms with van der Waals surface area (Å²) >= 11 is 5.73. The Morgan fingerprint density at radius 3 is 2.50 bits per heavy atom. The number of nitrogens with two attached hydrogens (primary N) is 1. The lowest BCUT2D eigenvalue weighted by Gasteiger charge is -2.11. The lowest BCUT2D eigenvalue weighted by molar-refractivity contribution is -0.119. The Morgan fingerprint density at radius 1 is 1.33 bits per heavy atom. The molecule has 4 N–H and O–H groups in total. The quantitative estimate of drug-likeness (QED) is 0.724. The first-order valence-electron chi connectivity index (χ1n) is 5.54. The molecule has 0 saturated carbocycles. The molecular weight excluding hydrogens is 254 g/mol. The monoisotopic (exact) mass is 269 g/mol. The summed E-state index contributed by atoms with van der Waals surface area (Å²) in [6.45, 7) is 1.91. The van der Waals surface area contributed by atoms with Crippen LogP contribution in [0.15, 0.2) is 24.3 Å². The summed E-state index contributed by atoms with van der Waals surface area (Å²) in [6.07, 6.45) is 0.203. The molecule has 0 aliphatic heterocycles. The fraction of sp³-hybridized carbons (Fsp3) is 0.333. The van der Waals surface area contributed by atoms with Gasteiger partial charge < -0.3 is 16.4 Å². The highest BCUT2D eigenvalue weighted by Crippen LogP contribution is 2.12. The molecular formula is C12H16ClN3O2. The predicted molar refractivity (Wildman–Crippen MR) is 71.4 cm³/mol. The molecule has 1 atom stereocenters. The Kier molecular flexibility index (Phi) is 5.61. The summed E-state index contributed by atoms with van der Waals surface area (Å²) < 4.78 is 0. The number of primary amides is 1. The smallest absolute Gasteiger partial charge is 0.238 e. The van der Waals surface area contributed by atoms with E-state index in [2.05, 4.69) is 10.6 Å². The average molecular weight is 270 g/mol. The molecule has 1 aromatic rings. The van der Waals surface area contributed by atoms with Gasteiger partial charge in [-0.15, -0.1) is 0 Å². The Bertz CT molecular complexity index is 420. The second kappa shape index (κ2) is 6.98. The zero-order valence-corrected chi connectivity index (χ0v) is 10.8. The summed E-state index contributed by atoms with van der Waals surface area (Å²) in [6, 6.07) is 6.69. The number of carbonyl (C=O) groups is 2. The van der Waals surface area contributed by atoms with Crippen molar-refractivity contribution < 1.29 is 9.59 Å². The van der Waals surface area contributed by atoms with Gasteiger partial charge in [-0.05, 0) is 31.2 Å². The minimum Gasteiger partial charge on any atom is -0.370 e. The highest BCUT2D eigenvalue weighted by Gasteiger charge is 2.08. The SMILES string of the molecule is CC(CC(N)=O)NCC(=O)Nc1ccc(Cl)cc1. The van der Waals surface area contributed by atoms with Crippen molar-refractivity contribution in [2.75, 3.05) is 11.9 Å². The van der Waals surface area contributed by atoms with Crippen LogP contribution in [0.3, 0.4) is 0 Å². The van der Waals surface area contributed by atoms with Gasteiger partial charge in [0.25, 0.3) is 0 Å². The first-order chi connectivity index (χ1) is 8.47. The van der Waals surface area contributed by atoms with E-state index >= 15 is 0 Å². The molecule has 0 aliphatic rings. The number of carbonyl (C=O) groups excluding carboxylic acids is 2. The van der Waals surface area contributed by atoms with Crippen LogP contribution in [0.2, 0.25) is 5.02 Å². The third-order valence-electron chi connectivity index (χ3n) is 2.25. The van der Waals surface area contributed by atoms with E-state index in [1.807, 2.05) is 0 Å². The van der Waals surface area contributed by atoms with Crippen molar-refractivity contribution in [2.45, 2.75) is 19.4 Å². The molecule has 0 saturated heterocycles. The van der Waals surface area contributed by atoms with E-state index in [1.54, 1.807) is 31.2 Å². The van der Waals surface area contributed by atoms with Crippen LogP contribution in [-0.4, -0.2) is 24.4 Å². The van der Waals surface area contributed by atoms with Gasteiger partial charge in [0.1, 0.15) is 0 Å². The number of hydrogen-bond acceptors (Lipinski definition) is 3. The van der Waals surface area contributed by atoms with Crippen molar-refractivity contribution in [1.82, 2.24) is 5.32 Å².